The predicted molar refractivity (Wildman–Crippen MR) is 63.9 cm³/mol. The van der Waals surface area contributed by atoms with Gasteiger partial charge in [0.1, 0.15) is 6.10 Å². The summed E-state index contributed by atoms with van der Waals surface area (Å²) >= 11 is 0. The van der Waals surface area contributed by atoms with E-state index in [1.165, 1.54) is 0 Å². The van der Waals surface area contributed by atoms with Gasteiger partial charge in [0.15, 0.2) is 5.78 Å². The maximum atomic E-state index is 11.9. The van der Waals surface area contributed by atoms with Crippen LogP contribution >= 0.6 is 0 Å². The third-order valence-corrected chi connectivity index (χ3v) is 2.21. The number of allylic oxidation sites excluding steroid dienone is 1. The van der Waals surface area contributed by atoms with Gasteiger partial charge >= 0.3 is 0 Å². The third-order valence-electron chi connectivity index (χ3n) is 2.21. The van der Waals surface area contributed by atoms with Gasteiger partial charge in [-0.05, 0) is 25.7 Å². The van der Waals surface area contributed by atoms with Gasteiger partial charge in [-0.3, -0.25) is 4.79 Å². The van der Waals surface area contributed by atoms with Crippen molar-refractivity contribution in [1.29, 1.82) is 0 Å². The number of carbonyl (C=O) groups is 1. The molecule has 0 heterocycles. The first-order valence-corrected chi connectivity index (χ1v) is 5.57. The monoisotopic (exact) mass is 212 g/mol. The van der Waals surface area contributed by atoms with Crippen molar-refractivity contribution in [3.8, 4) is 0 Å². The van der Waals surface area contributed by atoms with Crippen LogP contribution in [0, 0.1) is 5.41 Å². The zero-order valence-corrected chi connectivity index (χ0v) is 10.7. The van der Waals surface area contributed by atoms with Crippen LogP contribution in [0.15, 0.2) is 12.2 Å². The summed E-state index contributed by atoms with van der Waals surface area (Å²) in [5.74, 6) is 0.187. The van der Waals surface area contributed by atoms with Crippen LogP contribution in [0.25, 0.3) is 0 Å². The molecule has 0 N–H and O–H groups in total. The lowest BCUT2D eigenvalue weighted by Crippen LogP contribution is -2.37. The highest BCUT2D eigenvalue weighted by Crippen LogP contribution is 2.24. The molecule has 88 valence electrons. The van der Waals surface area contributed by atoms with Crippen molar-refractivity contribution in [2.75, 3.05) is 6.61 Å². The second-order valence-electron chi connectivity index (χ2n) is 5.12. The summed E-state index contributed by atoms with van der Waals surface area (Å²) < 4.78 is 5.52. The summed E-state index contributed by atoms with van der Waals surface area (Å²) in [7, 11) is 0. The molecule has 0 aliphatic carbocycles. The molecule has 0 aromatic heterocycles. The SMILES string of the molecule is C=C(C)CCC(=O)C(OCC)C(C)(C)C. The fourth-order valence-corrected chi connectivity index (χ4v) is 1.46. The van der Waals surface area contributed by atoms with E-state index >= 15 is 0 Å². The van der Waals surface area contributed by atoms with Crippen molar-refractivity contribution in [1.82, 2.24) is 0 Å². The van der Waals surface area contributed by atoms with Gasteiger partial charge in [-0.1, -0.05) is 26.3 Å². The molecule has 0 aromatic rings. The van der Waals surface area contributed by atoms with Crippen molar-refractivity contribution >= 4 is 5.78 Å². The summed E-state index contributed by atoms with van der Waals surface area (Å²) in [6, 6.07) is 0. The molecule has 1 atom stereocenters. The molecular formula is C13H24O2. The minimum Gasteiger partial charge on any atom is -0.370 e. The van der Waals surface area contributed by atoms with Crippen molar-refractivity contribution in [2.24, 2.45) is 5.41 Å². The van der Waals surface area contributed by atoms with E-state index in [4.69, 9.17) is 4.74 Å². The lowest BCUT2D eigenvalue weighted by molar-refractivity contribution is -0.137. The molecule has 0 rings (SSSR count). The Morgan fingerprint density at radius 1 is 1.33 bits per heavy atom. The van der Waals surface area contributed by atoms with Gasteiger partial charge in [-0.25, -0.2) is 0 Å². The highest BCUT2D eigenvalue weighted by Gasteiger charge is 2.30. The average Bonchev–Trinajstić information content (AvgIpc) is 2.08. The van der Waals surface area contributed by atoms with Gasteiger partial charge in [-0.15, -0.1) is 6.58 Å². The molecule has 0 spiro atoms. The molecule has 0 fully saturated rings. The lowest BCUT2D eigenvalue weighted by atomic mass is 9.85. The van der Waals surface area contributed by atoms with E-state index in [1.807, 2.05) is 34.6 Å². The Kier molecular flexibility index (Phi) is 5.81. The molecule has 0 bridgehead atoms. The molecule has 0 radical (unpaired) electrons. The normalized spacial score (nSPS) is 13.7. The summed E-state index contributed by atoms with van der Waals surface area (Å²) in [5.41, 5.74) is 0.926. The third kappa shape index (κ3) is 5.73. The largest absolute Gasteiger partial charge is 0.370 e. The first kappa shape index (κ1) is 14.4. The van der Waals surface area contributed by atoms with Gasteiger partial charge < -0.3 is 4.74 Å². The van der Waals surface area contributed by atoms with Crippen LogP contribution < -0.4 is 0 Å². The summed E-state index contributed by atoms with van der Waals surface area (Å²) in [6.45, 7) is 14.4. The van der Waals surface area contributed by atoms with Gasteiger partial charge in [0, 0.05) is 13.0 Å². The topological polar surface area (TPSA) is 26.3 Å². The molecule has 0 aliphatic rings. The fraction of sp³-hybridized carbons (Fsp3) is 0.769. The highest BCUT2D eigenvalue weighted by molar-refractivity contribution is 5.84. The fourth-order valence-electron chi connectivity index (χ4n) is 1.46. The van der Waals surface area contributed by atoms with Crippen LogP contribution in [0.2, 0.25) is 0 Å². The smallest absolute Gasteiger partial charge is 0.162 e. The van der Waals surface area contributed by atoms with Gasteiger partial charge in [0.25, 0.3) is 0 Å². The van der Waals surface area contributed by atoms with Gasteiger partial charge in [-0.2, -0.15) is 0 Å². The molecule has 0 aromatic carbocycles. The molecule has 0 saturated heterocycles. The van der Waals surface area contributed by atoms with Crippen LogP contribution in [0.1, 0.15) is 47.5 Å². The number of ether oxygens (including phenoxy) is 1. The Morgan fingerprint density at radius 3 is 2.20 bits per heavy atom. The van der Waals surface area contributed by atoms with Crippen LogP contribution in [0.3, 0.4) is 0 Å². The van der Waals surface area contributed by atoms with Crippen molar-refractivity contribution in [3.63, 3.8) is 0 Å². The Labute approximate surface area is 93.7 Å². The molecular weight excluding hydrogens is 188 g/mol. The van der Waals surface area contributed by atoms with E-state index in [-0.39, 0.29) is 17.3 Å². The van der Waals surface area contributed by atoms with Crippen molar-refractivity contribution < 1.29 is 9.53 Å². The standard InChI is InChI=1S/C13H24O2/c1-7-15-12(13(4,5)6)11(14)9-8-10(2)3/h12H,2,7-9H2,1,3-6H3. The number of Topliss-reactive ketones (excluding diaryl/α,β-unsaturated/α-hetero) is 1. The van der Waals surface area contributed by atoms with Crippen LogP contribution in [-0.2, 0) is 9.53 Å². The van der Waals surface area contributed by atoms with Crippen molar-refractivity contribution in [3.05, 3.63) is 12.2 Å². The highest BCUT2D eigenvalue weighted by atomic mass is 16.5. The Balaban J connectivity index is 4.36. The van der Waals surface area contributed by atoms with E-state index in [0.717, 1.165) is 12.0 Å². The summed E-state index contributed by atoms with van der Waals surface area (Å²) in [4.78, 5) is 11.9. The molecule has 0 saturated carbocycles. The van der Waals surface area contributed by atoms with Gasteiger partial charge in [0.2, 0.25) is 0 Å². The number of ketones is 1. The van der Waals surface area contributed by atoms with Crippen LogP contribution in [0.4, 0.5) is 0 Å². The van der Waals surface area contributed by atoms with E-state index < -0.39 is 0 Å². The number of carbonyl (C=O) groups excluding carboxylic acids is 1. The predicted octanol–water partition coefficient (Wildman–Crippen LogP) is 3.36. The number of rotatable bonds is 6. The summed E-state index contributed by atoms with van der Waals surface area (Å²) in [5, 5.41) is 0. The zero-order valence-electron chi connectivity index (χ0n) is 10.7. The minimum atomic E-state index is -0.290. The Morgan fingerprint density at radius 2 is 1.87 bits per heavy atom. The zero-order chi connectivity index (χ0) is 12.1. The molecule has 0 aliphatic heterocycles. The number of hydrogen-bond acceptors (Lipinski definition) is 2. The van der Waals surface area contributed by atoms with E-state index in [9.17, 15) is 4.79 Å². The van der Waals surface area contributed by atoms with E-state index in [0.29, 0.717) is 13.0 Å². The van der Waals surface area contributed by atoms with Crippen LogP contribution in [0.5, 0.6) is 0 Å². The van der Waals surface area contributed by atoms with E-state index in [1.54, 1.807) is 0 Å². The Bertz CT molecular complexity index is 223. The Hall–Kier alpha value is -0.630. The maximum absolute atomic E-state index is 11.9. The molecule has 15 heavy (non-hydrogen) atoms. The van der Waals surface area contributed by atoms with Crippen molar-refractivity contribution in [2.45, 2.75) is 53.6 Å². The molecule has 0 amide bonds. The summed E-state index contributed by atoms with van der Waals surface area (Å²) in [6.07, 6.45) is 1.01. The maximum Gasteiger partial charge on any atom is 0.162 e. The minimum absolute atomic E-state index is 0.123. The first-order chi connectivity index (χ1) is 6.79. The lowest BCUT2D eigenvalue weighted by Gasteiger charge is -2.29. The first-order valence-electron chi connectivity index (χ1n) is 5.57. The number of hydrogen-bond donors (Lipinski definition) is 0. The average molecular weight is 212 g/mol. The second kappa shape index (κ2) is 6.06. The second-order valence-corrected chi connectivity index (χ2v) is 5.12. The molecule has 1 unspecified atom stereocenters. The van der Waals surface area contributed by atoms with Gasteiger partial charge in [0.05, 0.1) is 0 Å². The molecule has 2 nitrogen and oxygen atoms in total. The quantitative estimate of drug-likeness (QED) is 0.631. The van der Waals surface area contributed by atoms with Crippen LogP contribution in [-0.4, -0.2) is 18.5 Å². The van der Waals surface area contributed by atoms with E-state index in [2.05, 4.69) is 6.58 Å². The molecule has 2 heteroatoms.